The number of allylic oxidation sites excluding steroid dienone is 1. The van der Waals surface area contributed by atoms with Crippen LogP contribution in [0.3, 0.4) is 0 Å². The minimum absolute atomic E-state index is 0.0161. The highest BCUT2D eigenvalue weighted by Crippen LogP contribution is 2.53. The molecular weight excluding hydrogens is 506 g/mol. The van der Waals surface area contributed by atoms with E-state index in [1.807, 2.05) is 0 Å². The lowest BCUT2D eigenvalue weighted by Gasteiger charge is -2.50. The first-order chi connectivity index (χ1) is 18.1. The number of hydrogen-bond donors (Lipinski definition) is 6. The number of rotatable bonds is 6. The van der Waals surface area contributed by atoms with E-state index < -0.39 is 58.0 Å². The van der Waals surface area contributed by atoms with Crippen LogP contribution in [0.1, 0.15) is 48.7 Å². The number of amides is 1. The number of nitrogens with two attached hydrogens (primary N) is 1. The number of benzene rings is 1. The van der Waals surface area contributed by atoms with Gasteiger partial charge in [0.05, 0.1) is 18.7 Å². The fourth-order valence-electron chi connectivity index (χ4n) is 6.32. The van der Waals surface area contributed by atoms with Crippen LogP contribution in [0.5, 0.6) is 11.5 Å². The van der Waals surface area contributed by atoms with Crippen LogP contribution in [0, 0.1) is 17.3 Å². The molecule has 4 atom stereocenters. The molecule has 0 fully saturated rings. The Balaban J connectivity index is 1.86. The van der Waals surface area contributed by atoms with Gasteiger partial charge in [-0.2, -0.15) is 0 Å². The fraction of sp³-hybridized carbons (Fsp3) is 0.536. The molecule has 1 aromatic rings. The average molecular weight is 544 g/mol. The molecule has 1 amide bonds. The molecule has 4 rings (SSSR count). The number of phenolic OH excluding ortho intramolecular Hbond substituents is 1. The molecule has 0 aliphatic heterocycles. The number of fused-ring (bicyclic) bond motifs is 3. The number of aromatic hydroxyl groups is 1. The quantitative estimate of drug-likeness (QED) is 0.286. The van der Waals surface area contributed by atoms with Gasteiger partial charge < -0.3 is 36.2 Å². The van der Waals surface area contributed by atoms with E-state index in [9.17, 15) is 34.8 Å². The first kappa shape index (κ1) is 28.6. The maximum Gasteiger partial charge on any atom is 0.255 e. The van der Waals surface area contributed by atoms with Crippen molar-refractivity contribution in [2.24, 2.45) is 23.0 Å². The topological polar surface area (TPSA) is 183 Å². The van der Waals surface area contributed by atoms with Gasteiger partial charge in [0.25, 0.3) is 5.91 Å². The summed E-state index contributed by atoms with van der Waals surface area (Å²) in [5, 5.41) is 48.2. The number of hydrogen-bond acceptors (Lipinski definition) is 10. The maximum absolute atomic E-state index is 13.8. The third-order valence-electron chi connectivity index (χ3n) is 7.92. The number of ether oxygens (including phenoxy) is 1. The summed E-state index contributed by atoms with van der Waals surface area (Å²) in [6.07, 6.45) is 0.181. The van der Waals surface area contributed by atoms with Gasteiger partial charge in [0, 0.05) is 35.7 Å². The lowest BCUT2D eigenvalue weighted by Crippen LogP contribution is -2.63. The number of nitrogens with zero attached hydrogens (tertiary/aromatic N) is 1. The molecule has 0 saturated carbocycles. The standard InChI is InChI=1S/C28H37N3O8/c1-27(2,3)11-30-10-13-9-16(32)18-14(23(13)39-6)7-12-8-15-20(31(4)5)22(34)19(26(29)37)25(36)28(15,38)24(35)17(12)21(18)33/h9,12,15,20,30,32,34-35,38H,7-8,10-11H2,1-6H3,(H2,29,37)/t12-,15-,20-,28-/m0/s1. The van der Waals surface area contributed by atoms with Crippen molar-refractivity contribution in [3.8, 4) is 11.5 Å². The molecule has 0 heterocycles. The second kappa shape index (κ2) is 9.65. The molecule has 11 heteroatoms. The smallest absolute Gasteiger partial charge is 0.255 e. The van der Waals surface area contributed by atoms with Crippen LogP contribution in [0.25, 0.3) is 0 Å². The van der Waals surface area contributed by atoms with E-state index in [4.69, 9.17) is 10.5 Å². The number of ketones is 2. The number of phenols is 1. The second-order valence-electron chi connectivity index (χ2n) is 12.1. The van der Waals surface area contributed by atoms with Gasteiger partial charge in [-0.15, -0.1) is 0 Å². The summed E-state index contributed by atoms with van der Waals surface area (Å²) in [4.78, 5) is 40.8. The van der Waals surface area contributed by atoms with Gasteiger partial charge in [0.2, 0.25) is 5.78 Å². The monoisotopic (exact) mass is 543 g/mol. The van der Waals surface area contributed by atoms with Gasteiger partial charge in [-0.25, -0.2) is 0 Å². The molecule has 1 aromatic carbocycles. The summed E-state index contributed by atoms with van der Waals surface area (Å²) in [6, 6.07) is 0.391. The Kier molecular flexibility index (Phi) is 7.08. The molecule has 3 aliphatic rings. The molecule has 39 heavy (non-hydrogen) atoms. The molecule has 7 N–H and O–H groups in total. The summed E-state index contributed by atoms with van der Waals surface area (Å²) < 4.78 is 5.70. The van der Waals surface area contributed by atoms with Crippen molar-refractivity contribution < 1.29 is 39.5 Å². The van der Waals surface area contributed by atoms with Crippen molar-refractivity contribution in [3.63, 3.8) is 0 Å². The maximum atomic E-state index is 13.8. The van der Waals surface area contributed by atoms with E-state index in [-0.39, 0.29) is 35.1 Å². The van der Waals surface area contributed by atoms with Crippen molar-refractivity contribution in [1.29, 1.82) is 0 Å². The van der Waals surface area contributed by atoms with Crippen molar-refractivity contribution >= 4 is 17.5 Å². The predicted molar refractivity (Wildman–Crippen MR) is 141 cm³/mol. The Morgan fingerprint density at radius 3 is 2.41 bits per heavy atom. The van der Waals surface area contributed by atoms with Crippen molar-refractivity contribution in [1.82, 2.24) is 10.2 Å². The number of carbonyl (C=O) groups is 3. The SMILES string of the molecule is COc1c(CNCC(C)(C)C)cc(O)c2c1C[C@H]1C[C@H]3[C@H](N(C)C)C(O)=C(C(N)=O)C(=O)[C@@]3(O)C(O)=C1C2=O. The van der Waals surface area contributed by atoms with Crippen molar-refractivity contribution in [3.05, 3.63) is 45.4 Å². The number of methoxy groups -OCH3 is 1. The molecule has 0 unspecified atom stereocenters. The van der Waals surface area contributed by atoms with Gasteiger partial charge in [0.15, 0.2) is 11.4 Å². The number of Topliss-reactive ketones (excluding diaryl/α,β-unsaturated/α-hetero) is 2. The second-order valence-corrected chi connectivity index (χ2v) is 12.1. The number of nitrogens with one attached hydrogen (secondary N) is 1. The van der Waals surface area contributed by atoms with Crippen LogP contribution in [0.15, 0.2) is 28.7 Å². The van der Waals surface area contributed by atoms with E-state index in [1.165, 1.54) is 18.1 Å². The third kappa shape index (κ3) is 4.38. The zero-order valence-corrected chi connectivity index (χ0v) is 23.1. The molecule has 212 valence electrons. The Morgan fingerprint density at radius 1 is 1.23 bits per heavy atom. The zero-order valence-electron chi connectivity index (χ0n) is 23.1. The number of primary amides is 1. The molecular formula is C28H37N3O8. The van der Waals surface area contributed by atoms with Crippen LogP contribution in [0.4, 0.5) is 0 Å². The lowest BCUT2D eigenvalue weighted by atomic mass is 9.58. The summed E-state index contributed by atoms with van der Waals surface area (Å²) >= 11 is 0. The summed E-state index contributed by atoms with van der Waals surface area (Å²) in [6.45, 7) is 7.33. The minimum atomic E-state index is -2.67. The molecule has 0 spiro atoms. The first-order valence-electron chi connectivity index (χ1n) is 12.8. The Hall–Kier alpha value is -3.41. The predicted octanol–water partition coefficient (Wildman–Crippen LogP) is 1.26. The Morgan fingerprint density at radius 2 is 1.87 bits per heavy atom. The van der Waals surface area contributed by atoms with Gasteiger partial charge >= 0.3 is 0 Å². The average Bonchev–Trinajstić information content (AvgIpc) is 2.80. The fourth-order valence-corrected chi connectivity index (χ4v) is 6.32. The van der Waals surface area contributed by atoms with Crippen molar-refractivity contribution in [2.75, 3.05) is 27.7 Å². The van der Waals surface area contributed by atoms with E-state index >= 15 is 0 Å². The zero-order chi connectivity index (χ0) is 29.2. The molecule has 0 aromatic heterocycles. The van der Waals surface area contributed by atoms with Gasteiger partial charge in [-0.3, -0.25) is 19.3 Å². The van der Waals surface area contributed by atoms with Crippen molar-refractivity contribution in [2.45, 2.75) is 51.8 Å². The van der Waals surface area contributed by atoms with Gasteiger partial charge in [-0.05, 0) is 44.3 Å². The molecule has 0 saturated heterocycles. The highest BCUT2D eigenvalue weighted by atomic mass is 16.5. The third-order valence-corrected chi connectivity index (χ3v) is 7.92. The van der Waals surface area contributed by atoms with Crippen LogP contribution >= 0.6 is 0 Å². The Bertz CT molecular complexity index is 1320. The van der Waals surface area contributed by atoms with E-state index in [0.717, 1.165) is 0 Å². The van der Waals surface area contributed by atoms with Gasteiger partial charge in [-0.1, -0.05) is 20.8 Å². The lowest BCUT2D eigenvalue weighted by molar-refractivity contribution is -0.148. The first-order valence-corrected chi connectivity index (χ1v) is 12.8. The normalized spacial score (nSPS) is 26.9. The number of carbonyl (C=O) groups excluding carboxylic acids is 3. The number of aliphatic hydroxyl groups excluding tert-OH is 2. The highest BCUT2D eigenvalue weighted by molar-refractivity contribution is 6.24. The van der Waals surface area contributed by atoms with Crippen LogP contribution in [-0.4, -0.2) is 82.2 Å². The number of aliphatic hydroxyl groups is 3. The summed E-state index contributed by atoms with van der Waals surface area (Å²) in [7, 11) is 4.65. The van der Waals surface area contributed by atoms with Gasteiger partial charge in [0.1, 0.15) is 28.6 Å². The largest absolute Gasteiger partial charge is 0.510 e. The highest BCUT2D eigenvalue weighted by Gasteiger charge is 2.63. The van der Waals surface area contributed by atoms with E-state index in [2.05, 4.69) is 26.1 Å². The van der Waals surface area contributed by atoms with Crippen LogP contribution in [0.2, 0.25) is 0 Å². The summed E-state index contributed by atoms with van der Waals surface area (Å²) in [5.41, 5.74) is 2.71. The summed E-state index contributed by atoms with van der Waals surface area (Å²) in [5.74, 6) is -6.39. The molecule has 11 nitrogen and oxygen atoms in total. The molecule has 0 radical (unpaired) electrons. The van der Waals surface area contributed by atoms with E-state index in [0.29, 0.717) is 30.0 Å². The number of likely N-dealkylation sites (N-methyl/N-ethyl adjacent to an activating group) is 1. The van der Waals surface area contributed by atoms with Crippen LogP contribution < -0.4 is 15.8 Å². The molecule has 0 bridgehead atoms. The van der Waals surface area contributed by atoms with E-state index in [1.54, 1.807) is 14.1 Å². The molecule has 3 aliphatic carbocycles. The van der Waals surface area contributed by atoms with Crippen LogP contribution in [-0.2, 0) is 22.6 Å². The Labute approximate surface area is 226 Å². The minimum Gasteiger partial charge on any atom is -0.510 e.